The number of sulfonamides is 1. The van der Waals surface area contributed by atoms with Gasteiger partial charge in [0.15, 0.2) is 0 Å². The average Bonchev–Trinajstić information content (AvgIpc) is 3.09. The van der Waals surface area contributed by atoms with Crippen molar-refractivity contribution in [2.75, 3.05) is 19.7 Å². The van der Waals surface area contributed by atoms with Crippen LogP contribution in [0.25, 0.3) is 0 Å². The SMILES string of the molecule is O=C(CCNS(=O)(=O)c1cccs1)N1CCC[C@H]1CO. The summed E-state index contributed by atoms with van der Waals surface area (Å²) in [7, 11) is -3.51. The predicted molar refractivity (Wildman–Crippen MR) is 75.9 cm³/mol. The fourth-order valence-corrected chi connectivity index (χ4v) is 4.35. The number of carbonyl (C=O) groups excluding carboxylic acids is 1. The van der Waals surface area contributed by atoms with Crippen LogP contribution in [-0.4, -0.2) is 50.1 Å². The molecule has 0 aromatic carbocycles. The normalized spacial score (nSPS) is 19.4. The van der Waals surface area contributed by atoms with Gasteiger partial charge in [0.1, 0.15) is 4.21 Å². The summed E-state index contributed by atoms with van der Waals surface area (Å²) in [5.41, 5.74) is 0. The number of carbonyl (C=O) groups is 1. The maximum atomic E-state index is 12.0. The largest absolute Gasteiger partial charge is 0.394 e. The fourth-order valence-electron chi connectivity index (χ4n) is 2.28. The van der Waals surface area contributed by atoms with E-state index in [2.05, 4.69) is 4.72 Å². The van der Waals surface area contributed by atoms with Crippen LogP contribution < -0.4 is 4.72 Å². The third kappa shape index (κ3) is 3.57. The van der Waals surface area contributed by atoms with Gasteiger partial charge in [0.25, 0.3) is 0 Å². The maximum absolute atomic E-state index is 12.0. The first-order valence-electron chi connectivity index (χ1n) is 6.48. The molecule has 0 radical (unpaired) electrons. The lowest BCUT2D eigenvalue weighted by molar-refractivity contribution is -0.132. The van der Waals surface area contributed by atoms with Crippen LogP contribution in [0.4, 0.5) is 0 Å². The lowest BCUT2D eigenvalue weighted by Crippen LogP contribution is -2.39. The van der Waals surface area contributed by atoms with Crippen LogP contribution in [0.5, 0.6) is 0 Å². The molecule has 0 saturated carbocycles. The van der Waals surface area contributed by atoms with Crippen LogP contribution >= 0.6 is 11.3 Å². The minimum absolute atomic E-state index is 0.0351. The Hall–Kier alpha value is -0.960. The summed E-state index contributed by atoms with van der Waals surface area (Å²) in [6.45, 7) is 0.683. The second-order valence-electron chi connectivity index (χ2n) is 4.65. The highest BCUT2D eigenvalue weighted by Crippen LogP contribution is 2.18. The molecule has 1 saturated heterocycles. The standard InChI is InChI=1S/C12H18N2O4S2/c15-9-10-3-1-7-14(10)11(16)5-6-13-20(17,18)12-4-2-8-19-12/h2,4,8,10,13,15H,1,3,5-7,9H2/t10-/m0/s1. The molecule has 1 amide bonds. The van der Waals surface area contributed by atoms with Crippen molar-refractivity contribution in [3.8, 4) is 0 Å². The van der Waals surface area contributed by atoms with Crippen LogP contribution in [-0.2, 0) is 14.8 Å². The molecule has 20 heavy (non-hydrogen) atoms. The third-order valence-corrected chi connectivity index (χ3v) is 6.16. The highest BCUT2D eigenvalue weighted by molar-refractivity contribution is 7.91. The molecule has 2 heterocycles. The van der Waals surface area contributed by atoms with Crippen molar-refractivity contribution in [3.63, 3.8) is 0 Å². The Balaban J connectivity index is 1.83. The summed E-state index contributed by atoms with van der Waals surface area (Å²) < 4.78 is 26.4. The lowest BCUT2D eigenvalue weighted by Gasteiger charge is -2.23. The number of hydrogen-bond acceptors (Lipinski definition) is 5. The van der Waals surface area contributed by atoms with Crippen molar-refractivity contribution in [1.29, 1.82) is 0 Å². The molecule has 2 N–H and O–H groups in total. The van der Waals surface area contributed by atoms with E-state index in [1.165, 1.54) is 6.07 Å². The second kappa shape index (κ2) is 6.66. The summed E-state index contributed by atoms with van der Waals surface area (Å²) in [4.78, 5) is 13.6. The Bertz CT molecular complexity index is 542. The Kier molecular flexibility index (Phi) is 5.14. The van der Waals surface area contributed by atoms with Gasteiger partial charge in [0.05, 0.1) is 12.6 Å². The molecule has 0 bridgehead atoms. The van der Waals surface area contributed by atoms with Gasteiger partial charge in [-0.1, -0.05) is 6.07 Å². The van der Waals surface area contributed by atoms with Crippen LogP contribution in [0.2, 0.25) is 0 Å². The Morgan fingerprint density at radius 2 is 2.35 bits per heavy atom. The summed E-state index contributed by atoms with van der Waals surface area (Å²) >= 11 is 1.14. The molecule has 0 spiro atoms. The molecule has 2 rings (SSSR count). The second-order valence-corrected chi connectivity index (χ2v) is 7.59. The third-order valence-electron chi connectivity index (χ3n) is 3.30. The van der Waals surface area contributed by atoms with Gasteiger partial charge in [-0.15, -0.1) is 11.3 Å². The number of nitrogens with zero attached hydrogens (tertiary/aromatic N) is 1. The van der Waals surface area contributed by atoms with Crippen LogP contribution in [0.1, 0.15) is 19.3 Å². The number of hydrogen-bond donors (Lipinski definition) is 2. The molecular weight excluding hydrogens is 300 g/mol. The van der Waals surface area contributed by atoms with Crippen molar-refractivity contribution < 1.29 is 18.3 Å². The van der Waals surface area contributed by atoms with E-state index in [0.29, 0.717) is 6.54 Å². The molecule has 0 aliphatic carbocycles. The van der Waals surface area contributed by atoms with Crippen LogP contribution in [0.15, 0.2) is 21.7 Å². The number of thiophene rings is 1. The van der Waals surface area contributed by atoms with Crippen molar-refractivity contribution in [3.05, 3.63) is 17.5 Å². The average molecular weight is 318 g/mol. The minimum atomic E-state index is -3.51. The van der Waals surface area contributed by atoms with E-state index >= 15 is 0 Å². The lowest BCUT2D eigenvalue weighted by atomic mass is 10.2. The van der Waals surface area contributed by atoms with Gasteiger partial charge in [-0.05, 0) is 24.3 Å². The number of rotatable bonds is 6. The Labute approximate surface area is 122 Å². The van der Waals surface area contributed by atoms with Crippen LogP contribution in [0.3, 0.4) is 0 Å². The molecule has 0 unspecified atom stereocenters. The first kappa shape index (κ1) is 15.4. The number of nitrogens with one attached hydrogen (secondary N) is 1. The van der Waals surface area contributed by atoms with E-state index in [9.17, 15) is 13.2 Å². The van der Waals surface area contributed by atoms with E-state index < -0.39 is 10.0 Å². The van der Waals surface area contributed by atoms with Gasteiger partial charge >= 0.3 is 0 Å². The number of amides is 1. The molecule has 1 aliphatic heterocycles. The molecule has 1 aromatic rings. The predicted octanol–water partition coefficient (Wildman–Crippen LogP) is 0.400. The van der Waals surface area contributed by atoms with Gasteiger partial charge < -0.3 is 10.0 Å². The van der Waals surface area contributed by atoms with Crippen molar-refractivity contribution >= 4 is 27.3 Å². The molecule has 1 aromatic heterocycles. The topological polar surface area (TPSA) is 86.7 Å². The summed E-state index contributed by atoms with van der Waals surface area (Å²) in [5, 5.41) is 10.9. The molecule has 112 valence electrons. The molecule has 1 atom stereocenters. The zero-order chi connectivity index (χ0) is 14.6. The maximum Gasteiger partial charge on any atom is 0.250 e. The van der Waals surface area contributed by atoms with Crippen molar-refractivity contribution in [2.45, 2.75) is 29.5 Å². The van der Waals surface area contributed by atoms with E-state index in [1.54, 1.807) is 16.3 Å². The van der Waals surface area contributed by atoms with E-state index in [4.69, 9.17) is 5.11 Å². The van der Waals surface area contributed by atoms with E-state index in [0.717, 1.165) is 24.2 Å². The summed E-state index contributed by atoms with van der Waals surface area (Å²) in [6.07, 6.45) is 1.81. The number of aliphatic hydroxyl groups excluding tert-OH is 1. The highest BCUT2D eigenvalue weighted by Gasteiger charge is 2.27. The van der Waals surface area contributed by atoms with E-state index in [-0.39, 0.29) is 35.7 Å². The van der Waals surface area contributed by atoms with Gasteiger partial charge in [-0.3, -0.25) is 4.79 Å². The Morgan fingerprint density at radius 3 is 3.00 bits per heavy atom. The van der Waals surface area contributed by atoms with Gasteiger partial charge in [-0.25, -0.2) is 13.1 Å². The molecule has 1 fully saturated rings. The first-order chi connectivity index (χ1) is 9.54. The zero-order valence-corrected chi connectivity index (χ0v) is 12.6. The molecule has 1 aliphatic rings. The quantitative estimate of drug-likeness (QED) is 0.795. The van der Waals surface area contributed by atoms with Gasteiger partial charge in [0, 0.05) is 19.5 Å². The van der Waals surface area contributed by atoms with Gasteiger partial charge in [0.2, 0.25) is 15.9 Å². The van der Waals surface area contributed by atoms with Crippen LogP contribution in [0, 0.1) is 0 Å². The number of likely N-dealkylation sites (tertiary alicyclic amines) is 1. The minimum Gasteiger partial charge on any atom is -0.394 e. The summed E-state index contributed by atoms with van der Waals surface area (Å²) in [5.74, 6) is -0.115. The smallest absolute Gasteiger partial charge is 0.250 e. The molecular formula is C12H18N2O4S2. The number of aliphatic hydroxyl groups is 1. The van der Waals surface area contributed by atoms with E-state index in [1.807, 2.05) is 0 Å². The fraction of sp³-hybridized carbons (Fsp3) is 0.583. The first-order valence-corrected chi connectivity index (χ1v) is 8.84. The van der Waals surface area contributed by atoms with Gasteiger partial charge in [-0.2, -0.15) is 0 Å². The molecule has 8 heteroatoms. The zero-order valence-electron chi connectivity index (χ0n) is 11.0. The highest BCUT2D eigenvalue weighted by atomic mass is 32.2. The Morgan fingerprint density at radius 1 is 1.55 bits per heavy atom. The summed E-state index contributed by atoms with van der Waals surface area (Å²) in [6, 6.07) is 3.08. The van der Waals surface area contributed by atoms with Crippen molar-refractivity contribution in [1.82, 2.24) is 9.62 Å². The monoisotopic (exact) mass is 318 g/mol. The van der Waals surface area contributed by atoms with Crippen molar-refractivity contribution in [2.24, 2.45) is 0 Å². The molecule has 6 nitrogen and oxygen atoms in total.